The number of thiophene rings is 1. The lowest BCUT2D eigenvalue weighted by Gasteiger charge is -2.27. The summed E-state index contributed by atoms with van der Waals surface area (Å²) in [6.07, 6.45) is 1.08. The van der Waals surface area contributed by atoms with E-state index in [-0.39, 0.29) is 0 Å². The molecule has 0 fully saturated rings. The molecule has 0 atom stereocenters. The zero-order valence-electron chi connectivity index (χ0n) is 14.9. The van der Waals surface area contributed by atoms with Crippen LogP contribution < -0.4 is 15.9 Å². The molecular weight excluding hydrogens is 351 g/mol. The lowest BCUT2D eigenvalue weighted by molar-refractivity contribution is 1.39. The second kappa shape index (κ2) is 7.58. The third-order valence-corrected chi connectivity index (χ3v) is 10.5. The van der Waals surface area contributed by atoms with Gasteiger partial charge in [-0.2, -0.15) is 0 Å². The van der Waals surface area contributed by atoms with Gasteiger partial charge < -0.3 is 0 Å². The Morgan fingerprint density at radius 3 is 1.38 bits per heavy atom. The highest BCUT2D eigenvalue weighted by Crippen LogP contribution is 2.58. The van der Waals surface area contributed by atoms with E-state index in [1.807, 2.05) is 11.3 Å². The molecule has 0 N–H and O–H groups in total. The van der Waals surface area contributed by atoms with Crippen molar-refractivity contribution >= 4 is 34.5 Å². The maximum absolute atomic E-state index is 2.32. The highest BCUT2D eigenvalue weighted by Gasteiger charge is 2.45. The van der Waals surface area contributed by atoms with E-state index in [2.05, 4.69) is 109 Å². The van der Waals surface area contributed by atoms with Crippen molar-refractivity contribution in [3.8, 4) is 0 Å². The van der Waals surface area contributed by atoms with E-state index in [0.717, 1.165) is 6.16 Å². The van der Waals surface area contributed by atoms with Crippen molar-refractivity contribution in [2.24, 2.45) is 0 Å². The topological polar surface area (TPSA) is 0 Å². The predicted octanol–water partition coefficient (Wildman–Crippen LogP) is 5.55. The molecule has 0 bridgehead atoms. The monoisotopic (exact) mass is 373 g/mol. The van der Waals surface area contributed by atoms with Gasteiger partial charge in [0, 0.05) is 4.88 Å². The van der Waals surface area contributed by atoms with Crippen molar-refractivity contribution in [1.82, 2.24) is 0 Å². The smallest absolute Gasteiger partial charge is 0.117 e. The molecule has 0 spiro atoms. The predicted molar refractivity (Wildman–Crippen MR) is 118 cm³/mol. The van der Waals surface area contributed by atoms with Gasteiger partial charge in [0.2, 0.25) is 0 Å². The van der Waals surface area contributed by atoms with Crippen LogP contribution in [0, 0.1) is 6.92 Å². The van der Waals surface area contributed by atoms with E-state index in [4.69, 9.17) is 0 Å². The van der Waals surface area contributed by atoms with E-state index in [9.17, 15) is 0 Å². The fourth-order valence-corrected chi connectivity index (χ4v) is 9.29. The fourth-order valence-electron chi connectivity index (χ4n) is 3.55. The summed E-state index contributed by atoms with van der Waals surface area (Å²) in [6, 6.07) is 35.6. The summed E-state index contributed by atoms with van der Waals surface area (Å²) >= 11 is 1.89. The Morgan fingerprint density at radius 2 is 1.04 bits per heavy atom. The quantitative estimate of drug-likeness (QED) is 0.402. The van der Waals surface area contributed by atoms with Crippen LogP contribution in [-0.2, 0) is 6.16 Å². The third-order valence-electron chi connectivity index (χ3n) is 4.94. The van der Waals surface area contributed by atoms with Crippen LogP contribution in [0.25, 0.3) is 0 Å². The van der Waals surface area contributed by atoms with E-state index >= 15 is 0 Å². The molecule has 4 rings (SSSR count). The van der Waals surface area contributed by atoms with Crippen LogP contribution in [-0.4, -0.2) is 0 Å². The molecule has 0 amide bonds. The molecule has 1 aromatic heterocycles. The lowest BCUT2D eigenvalue weighted by Crippen LogP contribution is -2.32. The SMILES string of the molecule is Cc1ccsc1C[P+](c1ccccc1)(c1ccccc1)c1ccccc1. The first-order chi connectivity index (χ1) is 12.8. The van der Waals surface area contributed by atoms with Crippen LogP contribution in [0.15, 0.2) is 102 Å². The minimum absolute atomic E-state index is 1.08. The zero-order chi connectivity index (χ0) is 17.8. The largest absolute Gasteiger partial charge is 0.145 e. The number of aryl methyl sites for hydroxylation is 1. The first-order valence-electron chi connectivity index (χ1n) is 8.88. The van der Waals surface area contributed by atoms with Crippen molar-refractivity contribution < 1.29 is 0 Å². The molecule has 0 aliphatic carbocycles. The Kier molecular flexibility index (Phi) is 5.02. The van der Waals surface area contributed by atoms with Crippen LogP contribution in [0.1, 0.15) is 10.4 Å². The molecule has 1 heterocycles. The first kappa shape index (κ1) is 17.2. The molecule has 0 nitrogen and oxygen atoms in total. The second-order valence-electron chi connectivity index (χ2n) is 6.50. The van der Waals surface area contributed by atoms with Crippen molar-refractivity contribution in [2.45, 2.75) is 13.1 Å². The van der Waals surface area contributed by atoms with Crippen molar-refractivity contribution in [3.63, 3.8) is 0 Å². The fraction of sp³-hybridized carbons (Fsp3) is 0.0833. The molecule has 0 aliphatic heterocycles. The van der Waals surface area contributed by atoms with Gasteiger partial charge in [-0.25, -0.2) is 0 Å². The summed E-state index contributed by atoms with van der Waals surface area (Å²) in [5.74, 6) is 0. The van der Waals surface area contributed by atoms with Gasteiger partial charge in [-0.15, -0.1) is 11.3 Å². The zero-order valence-corrected chi connectivity index (χ0v) is 16.6. The summed E-state index contributed by atoms with van der Waals surface area (Å²) in [7, 11) is -1.76. The maximum atomic E-state index is 2.32. The van der Waals surface area contributed by atoms with Gasteiger partial charge >= 0.3 is 0 Å². The Balaban J connectivity index is 2.02. The molecule has 0 unspecified atom stereocenters. The summed E-state index contributed by atoms with van der Waals surface area (Å²) in [5, 5.41) is 6.57. The highest BCUT2D eigenvalue weighted by molar-refractivity contribution is 7.95. The van der Waals surface area contributed by atoms with Gasteiger partial charge in [0.05, 0.1) is 0 Å². The standard InChI is InChI=1S/C24H22PS/c1-20-17-18-26-24(20)19-25(21-11-5-2-6-12-21,22-13-7-3-8-14-22)23-15-9-4-10-16-23/h2-18H,19H2,1H3/q+1. The van der Waals surface area contributed by atoms with E-state index in [0.29, 0.717) is 0 Å². The average molecular weight is 373 g/mol. The number of hydrogen-bond acceptors (Lipinski definition) is 1. The molecule has 3 aromatic carbocycles. The minimum Gasteiger partial charge on any atom is -0.145 e. The Bertz CT molecular complexity index is 862. The van der Waals surface area contributed by atoms with Gasteiger partial charge in [-0.3, -0.25) is 0 Å². The molecule has 26 heavy (non-hydrogen) atoms. The summed E-state index contributed by atoms with van der Waals surface area (Å²) in [5.41, 5.74) is 1.40. The van der Waals surface area contributed by atoms with Crippen LogP contribution in [0.2, 0.25) is 0 Å². The van der Waals surface area contributed by atoms with Crippen molar-refractivity contribution in [1.29, 1.82) is 0 Å². The number of hydrogen-bond donors (Lipinski definition) is 0. The molecular formula is C24H22PS+. The van der Waals surface area contributed by atoms with Gasteiger partial charge in [-0.1, -0.05) is 54.6 Å². The molecule has 4 aromatic rings. The third kappa shape index (κ3) is 3.14. The molecule has 0 saturated carbocycles. The van der Waals surface area contributed by atoms with Crippen LogP contribution in [0.5, 0.6) is 0 Å². The molecule has 0 radical (unpaired) electrons. The Hall–Kier alpha value is -2.21. The second-order valence-corrected chi connectivity index (χ2v) is 11.0. The van der Waals surface area contributed by atoms with Gasteiger partial charge in [0.1, 0.15) is 29.3 Å². The Labute approximate surface area is 160 Å². The van der Waals surface area contributed by atoms with Crippen LogP contribution in [0.3, 0.4) is 0 Å². The van der Waals surface area contributed by atoms with Gasteiger partial charge in [0.25, 0.3) is 0 Å². The van der Waals surface area contributed by atoms with E-state index < -0.39 is 7.26 Å². The van der Waals surface area contributed by atoms with Gasteiger partial charge in [-0.05, 0) is 60.3 Å². The van der Waals surface area contributed by atoms with Crippen molar-refractivity contribution in [2.75, 3.05) is 0 Å². The summed E-state index contributed by atoms with van der Waals surface area (Å²) in [4.78, 5) is 1.50. The lowest BCUT2D eigenvalue weighted by atomic mass is 10.3. The van der Waals surface area contributed by atoms with Gasteiger partial charge in [0.15, 0.2) is 0 Å². The molecule has 0 saturated heterocycles. The minimum atomic E-state index is -1.76. The number of benzene rings is 3. The van der Waals surface area contributed by atoms with Crippen LogP contribution >= 0.6 is 18.6 Å². The van der Waals surface area contributed by atoms with Crippen molar-refractivity contribution in [3.05, 3.63) is 113 Å². The van der Waals surface area contributed by atoms with E-state index in [1.165, 1.54) is 26.4 Å². The molecule has 2 heteroatoms. The maximum Gasteiger partial charge on any atom is 0.117 e. The number of rotatable bonds is 5. The highest BCUT2D eigenvalue weighted by atomic mass is 32.1. The van der Waals surface area contributed by atoms with E-state index in [1.54, 1.807) is 0 Å². The summed E-state index contributed by atoms with van der Waals surface area (Å²) in [6.45, 7) is 2.24. The molecule has 128 valence electrons. The molecule has 0 aliphatic rings. The van der Waals surface area contributed by atoms with Crippen LogP contribution in [0.4, 0.5) is 0 Å². The normalized spacial score (nSPS) is 11.4. The Morgan fingerprint density at radius 1 is 0.615 bits per heavy atom. The first-order valence-corrected chi connectivity index (χ1v) is 11.7. The summed E-state index contributed by atoms with van der Waals surface area (Å²) < 4.78 is 0. The average Bonchev–Trinajstić information content (AvgIpc) is 3.12.